The third-order valence-electron chi connectivity index (χ3n) is 3.21. The van der Waals surface area contributed by atoms with Crippen molar-refractivity contribution in [2.45, 2.75) is 6.18 Å². The van der Waals surface area contributed by atoms with Gasteiger partial charge in [-0.3, -0.25) is 0 Å². The fourth-order valence-electron chi connectivity index (χ4n) is 2.17. The molecule has 3 aromatic rings. The van der Waals surface area contributed by atoms with Crippen LogP contribution in [-0.2, 0) is 6.18 Å². The third-order valence-corrected chi connectivity index (χ3v) is 3.88. The molecule has 1 heterocycles. The lowest BCUT2D eigenvalue weighted by molar-refractivity contribution is -0.137. The highest BCUT2D eigenvalue weighted by Crippen LogP contribution is 2.34. The zero-order chi connectivity index (χ0) is 15.7. The van der Waals surface area contributed by atoms with Crippen LogP contribution >= 0.6 is 15.9 Å². The normalized spacial score (nSPS) is 11.6. The Balaban J connectivity index is 2.16. The SMILES string of the molecule is FC(F)(F)c1ccc(Br)c(-n2nccc2-c2ccccc2)c1. The zero-order valence-corrected chi connectivity index (χ0v) is 12.8. The largest absolute Gasteiger partial charge is 0.416 e. The van der Waals surface area contributed by atoms with E-state index in [1.54, 1.807) is 12.3 Å². The highest BCUT2D eigenvalue weighted by atomic mass is 79.9. The predicted octanol–water partition coefficient (Wildman–Crippen LogP) is 5.32. The Kier molecular flexibility index (Phi) is 3.78. The fourth-order valence-corrected chi connectivity index (χ4v) is 2.59. The number of hydrogen-bond acceptors (Lipinski definition) is 1. The molecule has 0 bridgehead atoms. The predicted molar refractivity (Wildman–Crippen MR) is 81.7 cm³/mol. The van der Waals surface area contributed by atoms with Crippen molar-refractivity contribution in [3.63, 3.8) is 0 Å². The van der Waals surface area contributed by atoms with Crippen LogP contribution in [0, 0.1) is 0 Å². The number of nitrogens with zero attached hydrogens (tertiary/aromatic N) is 2. The molecule has 0 aliphatic carbocycles. The van der Waals surface area contributed by atoms with E-state index in [0.29, 0.717) is 10.2 Å². The summed E-state index contributed by atoms with van der Waals surface area (Å²) in [4.78, 5) is 0. The van der Waals surface area contributed by atoms with Crippen LogP contribution in [0.15, 0.2) is 65.3 Å². The maximum absolute atomic E-state index is 12.9. The minimum atomic E-state index is -4.39. The number of alkyl halides is 3. The van der Waals surface area contributed by atoms with Gasteiger partial charge in [0, 0.05) is 10.0 Å². The van der Waals surface area contributed by atoms with Gasteiger partial charge in [-0.25, -0.2) is 4.68 Å². The van der Waals surface area contributed by atoms with E-state index in [1.807, 2.05) is 30.3 Å². The van der Waals surface area contributed by atoms with Crippen LogP contribution in [0.5, 0.6) is 0 Å². The van der Waals surface area contributed by atoms with Gasteiger partial charge in [-0.2, -0.15) is 18.3 Å². The van der Waals surface area contributed by atoms with E-state index in [4.69, 9.17) is 0 Å². The van der Waals surface area contributed by atoms with E-state index in [0.717, 1.165) is 23.4 Å². The molecule has 0 spiro atoms. The Hall–Kier alpha value is -2.08. The van der Waals surface area contributed by atoms with Crippen molar-refractivity contribution < 1.29 is 13.2 Å². The summed E-state index contributed by atoms with van der Waals surface area (Å²) in [6.45, 7) is 0. The van der Waals surface area contributed by atoms with E-state index in [-0.39, 0.29) is 0 Å². The van der Waals surface area contributed by atoms with Gasteiger partial charge in [0.15, 0.2) is 0 Å². The molecule has 3 rings (SSSR count). The summed E-state index contributed by atoms with van der Waals surface area (Å²) in [5.41, 5.74) is 1.24. The summed E-state index contributed by atoms with van der Waals surface area (Å²) in [7, 11) is 0. The highest BCUT2D eigenvalue weighted by Gasteiger charge is 2.31. The van der Waals surface area contributed by atoms with Gasteiger partial charge in [0.2, 0.25) is 0 Å². The maximum Gasteiger partial charge on any atom is 0.416 e. The van der Waals surface area contributed by atoms with Gasteiger partial charge in [0.1, 0.15) is 0 Å². The van der Waals surface area contributed by atoms with Crippen molar-refractivity contribution in [3.05, 3.63) is 70.8 Å². The van der Waals surface area contributed by atoms with Crippen molar-refractivity contribution >= 4 is 15.9 Å². The molecule has 0 saturated heterocycles. The summed E-state index contributed by atoms with van der Waals surface area (Å²) in [5, 5.41) is 4.17. The minimum Gasteiger partial charge on any atom is -0.232 e. The molecule has 0 aliphatic heterocycles. The first-order valence-corrected chi connectivity index (χ1v) is 7.23. The lowest BCUT2D eigenvalue weighted by atomic mass is 10.1. The molecule has 0 fully saturated rings. The number of halogens is 4. The molecule has 0 aliphatic rings. The zero-order valence-electron chi connectivity index (χ0n) is 11.2. The van der Waals surface area contributed by atoms with Crippen molar-refractivity contribution in [2.24, 2.45) is 0 Å². The maximum atomic E-state index is 12.9. The first-order chi connectivity index (χ1) is 10.5. The lowest BCUT2D eigenvalue weighted by Gasteiger charge is -2.13. The molecule has 2 nitrogen and oxygen atoms in total. The minimum absolute atomic E-state index is 0.346. The monoisotopic (exact) mass is 366 g/mol. The van der Waals surface area contributed by atoms with Crippen LogP contribution < -0.4 is 0 Å². The molecule has 0 atom stereocenters. The summed E-state index contributed by atoms with van der Waals surface area (Å²) >= 11 is 3.30. The van der Waals surface area contributed by atoms with E-state index in [1.165, 1.54) is 10.7 Å². The third kappa shape index (κ3) is 2.78. The Morgan fingerprint density at radius 3 is 2.36 bits per heavy atom. The molecule has 0 radical (unpaired) electrons. The molecule has 0 saturated carbocycles. The van der Waals surface area contributed by atoms with Crippen molar-refractivity contribution in [1.29, 1.82) is 0 Å². The summed E-state index contributed by atoms with van der Waals surface area (Å²) in [6.07, 6.45) is -2.83. The average Bonchev–Trinajstić information content (AvgIpc) is 2.96. The van der Waals surface area contributed by atoms with E-state index >= 15 is 0 Å². The van der Waals surface area contributed by atoms with Gasteiger partial charge < -0.3 is 0 Å². The molecule has 2 aromatic carbocycles. The Morgan fingerprint density at radius 1 is 0.955 bits per heavy atom. The number of aromatic nitrogens is 2. The quantitative estimate of drug-likeness (QED) is 0.600. The van der Waals surface area contributed by atoms with Gasteiger partial charge in [-0.1, -0.05) is 30.3 Å². The smallest absolute Gasteiger partial charge is 0.232 e. The molecular weight excluding hydrogens is 357 g/mol. The topological polar surface area (TPSA) is 17.8 Å². The summed E-state index contributed by atoms with van der Waals surface area (Å²) in [6, 6.07) is 14.7. The van der Waals surface area contributed by atoms with Crippen LogP contribution in [-0.4, -0.2) is 9.78 Å². The number of rotatable bonds is 2. The van der Waals surface area contributed by atoms with Crippen LogP contribution in [0.4, 0.5) is 13.2 Å². The van der Waals surface area contributed by atoms with Gasteiger partial charge in [-0.05, 0) is 40.2 Å². The van der Waals surface area contributed by atoms with Gasteiger partial charge in [-0.15, -0.1) is 0 Å². The molecule has 0 amide bonds. The number of hydrogen-bond donors (Lipinski definition) is 0. The Bertz CT molecular complexity index is 795. The molecule has 22 heavy (non-hydrogen) atoms. The van der Waals surface area contributed by atoms with Crippen molar-refractivity contribution in [3.8, 4) is 16.9 Å². The van der Waals surface area contributed by atoms with Gasteiger partial charge in [0.25, 0.3) is 0 Å². The van der Waals surface area contributed by atoms with Crippen molar-refractivity contribution in [1.82, 2.24) is 9.78 Å². The van der Waals surface area contributed by atoms with Crippen LogP contribution in [0.1, 0.15) is 5.56 Å². The fraction of sp³-hybridized carbons (Fsp3) is 0.0625. The second-order valence-electron chi connectivity index (χ2n) is 4.66. The summed E-state index contributed by atoms with van der Waals surface area (Å²) in [5.74, 6) is 0. The van der Waals surface area contributed by atoms with E-state index in [2.05, 4.69) is 21.0 Å². The first-order valence-electron chi connectivity index (χ1n) is 6.43. The Morgan fingerprint density at radius 2 is 1.68 bits per heavy atom. The second-order valence-corrected chi connectivity index (χ2v) is 5.51. The van der Waals surface area contributed by atoms with E-state index in [9.17, 15) is 13.2 Å². The Labute approximate surface area is 133 Å². The van der Waals surface area contributed by atoms with Crippen LogP contribution in [0.3, 0.4) is 0 Å². The van der Waals surface area contributed by atoms with Crippen LogP contribution in [0.25, 0.3) is 16.9 Å². The highest BCUT2D eigenvalue weighted by molar-refractivity contribution is 9.10. The standard InChI is InChI=1S/C16H10BrF3N2/c17-13-7-6-12(16(18,19)20)10-15(13)22-14(8-9-21-22)11-4-2-1-3-5-11/h1-10H. The van der Waals surface area contributed by atoms with Gasteiger partial charge in [0.05, 0.1) is 23.1 Å². The van der Waals surface area contributed by atoms with Crippen molar-refractivity contribution in [2.75, 3.05) is 0 Å². The van der Waals surface area contributed by atoms with Crippen LogP contribution in [0.2, 0.25) is 0 Å². The molecule has 112 valence electrons. The molecule has 6 heteroatoms. The molecule has 1 aromatic heterocycles. The van der Waals surface area contributed by atoms with Gasteiger partial charge >= 0.3 is 6.18 Å². The first kappa shape index (κ1) is 14.8. The second kappa shape index (κ2) is 5.61. The number of benzene rings is 2. The van der Waals surface area contributed by atoms with E-state index < -0.39 is 11.7 Å². The molecule has 0 N–H and O–H groups in total. The average molecular weight is 367 g/mol. The molecular formula is C16H10BrF3N2. The summed E-state index contributed by atoms with van der Waals surface area (Å²) < 4.78 is 40.8. The molecule has 0 unspecified atom stereocenters. The lowest BCUT2D eigenvalue weighted by Crippen LogP contribution is -2.07.